The summed E-state index contributed by atoms with van der Waals surface area (Å²) in [6.07, 6.45) is 0.976. The van der Waals surface area contributed by atoms with E-state index in [0.717, 1.165) is 35.3 Å². The molecule has 1 aliphatic heterocycles. The molecule has 0 saturated carbocycles. The predicted molar refractivity (Wildman–Crippen MR) is 85.4 cm³/mol. The highest BCUT2D eigenvalue weighted by Gasteiger charge is 2.26. The van der Waals surface area contributed by atoms with E-state index in [9.17, 15) is 4.79 Å². The summed E-state index contributed by atoms with van der Waals surface area (Å²) >= 11 is 0. The molecule has 1 amide bonds. The fourth-order valence-corrected chi connectivity index (χ4v) is 2.95. The smallest absolute Gasteiger partial charge is 0.246 e. The molecule has 1 unspecified atom stereocenters. The van der Waals surface area contributed by atoms with Gasteiger partial charge < -0.3 is 10.6 Å². The van der Waals surface area contributed by atoms with Crippen LogP contribution < -0.4 is 10.6 Å². The zero-order valence-corrected chi connectivity index (χ0v) is 12.4. The number of nitrogens with one attached hydrogen (secondary N) is 2. The molecule has 21 heavy (non-hydrogen) atoms. The molecule has 0 aromatic heterocycles. The Morgan fingerprint density at radius 3 is 2.57 bits per heavy atom. The first-order valence-corrected chi connectivity index (χ1v) is 7.35. The van der Waals surface area contributed by atoms with Crippen molar-refractivity contribution in [3.05, 3.63) is 64.7 Å². The van der Waals surface area contributed by atoms with Crippen LogP contribution in [-0.2, 0) is 11.2 Å². The van der Waals surface area contributed by atoms with Gasteiger partial charge in [-0.25, -0.2) is 0 Å². The Morgan fingerprint density at radius 2 is 1.81 bits per heavy atom. The number of anilines is 1. The van der Waals surface area contributed by atoms with E-state index in [1.54, 1.807) is 0 Å². The Kier molecular flexibility index (Phi) is 3.76. The summed E-state index contributed by atoms with van der Waals surface area (Å²) in [4.78, 5) is 12.7. The van der Waals surface area contributed by atoms with Crippen molar-refractivity contribution in [1.82, 2.24) is 5.32 Å². The summed E-state index contributed by atoms with van der Waals surface area (Å²) in [5.41, 5.74) is 5.46. The van der Waals surface area contributed by atoms with Gasteiger partial charge in [0.2, 0.25) is 5.91 Å². The molecule has 3 nitrogen and oxygen atoms in total. The highest BCUT2D eigenvalue weighted by Crippen LogP contribution is 2.26. The second kappa shape index (κ2) is 5.70. The van der Waals surface area contributed by atoms with Gasteiger partial charge in [0.15, 0.2) is 0 Å². The molecule has 0 bridgehead atoms. The van der Waals surface area contributed by atoms with Crippen molar-refractivity contribution in [2.24, 2.45) is 0 Å². The third kappa shape index (κ3) is 2.69. The second-order valence-corrected chi connectivity index (χ2v) is 5.59. The standard InChI is InChI=1S/C18H20N2O/c1-12-6-5-7-13(2)16(12)20-18(21)17-15-9-4-3-8-14(15)10-11-19-17/h3-9,17,19H,10-11H2,1-2H3,(H,20,21). The fraction of sp³-hybridized carbons (Fsp3) is 0.278. The van der Waals surface area contributed by atoms with Gasteiger partial charge in [-0.2, -0.15) is 0 Å². The first kappa shape index (κ1) is 13.8. The molecule has 1 atom stereocenters. The Morgan fingerprint density at radius 1 is 1.10 bits per heavy atom. The number of carbonyl (C=O) groups is 1. The molecular formula is C18H20N2O. The second-order valence-electron chi connectivity index (χ2n) is 5.59. The zero-order valence-electron chi connectivity index (χ0n) is 12.4. The molecule has 0 spiro atoms. The van der Waals surface area contributed by atoms with E-state index < -0.39 is 0 Å². The number of para-hydroxylation sites is 1. The number of aryl methyl sites for hydroxylation is 2. The van der Waals surface area contributed by atoms with Crippen LogP contribution in [0.15, 0.2) is 42.5 Å². The minimum atomic E-state index is -0.269. The summed E-state index contributed by atoms with van der Waals surface area (Å²) in [5, 5.41) is 6.41. The lowest BCUT2D eigenvalue weighted by Gasteiger charge is -2.26. The average Bonchev–Trinajstić information content (AvgIpc) is 2.50. The third-order valence-electron chi connectivity index (χ3n) is 4.10. The van der Waals surface area contributed by atoms with Crippen molar-refractivity contribution in [3.8, 4) is 0 Å². The number of amides is 1. The van der Waals surface area contributed by atoms with Gasteiger partial charge in [-0.1, -0.05) is 42.5 Å². The quantitative estimate of drug-likeness (QED) is 0.887. The van der Waals surface area contributed by atoms with Crippen LogP contribution in [0.4, 0.5) is 5.69 Å². The maximum atomic E-state index is 12.7. The molecule has 0 fully saturated rings. The highest BCUT2D eigenvalue weighted by molar-refractivity contribution is 5.97. The molecule has 0 saturated heterocycles. The summed E-state index contributed by atoms with van der Waals surface area (Å²) in [7, 11) is 0. The highest BCUT2D eigenvalue weighted by atomic mass is 16.2. The Labute approximate surface area is 125 Å². The number of hydrogen-bond donors (Lipinski definition) is 2. The van der Waals surface area contributed by atoms with Crippen molar-refractivity contribution in [1.29, 1.82) is 0 Å². The molecule has 3 rings (SSSR count). The van der Waals surface area contributed by atoms with E-state index in [1.165, 1.54) is 5.56 Å². The third-order valence-corrected chi connectivity index (χ3v) is 4.10. The van der Waals surface area contributed by atoms with E-state index in [4.69, 9.17) is 0 Å². The summed E-state index contributed by atoms with van der Waals surface area (Å²) in [6, 6.07) is 13.9. The minimum absolute atomic E-state index is 0.0135. The average molecular weight is 280 g/mol. The Hall–Kier alpha value is -2.13. The van der Waals surface area contributed by atoms with Crippen LogP contribution >= 0.6 is 0 Å². The number of carbonyl (C=O) groups excluding carboxylic acids is 1. The Balaban J connectivity index is 1.87. The van der Waals surface area contributed by atoms with Crippen molar-refractivity contribution in [3.63, 3.8) is 0 Å². The Bertz CT molecular complexity index is 658. The number of benzene rings is 2. The van der Waals surface area contributed by atoms with Crippen LogP contribution in [0.25, 0.3) is 0 Å². The lowest BCUT2D eigenvalue weighted by atomic mass is 9.93. The van der Waals surface area contributed by atoms with Crippen molar-refractivity contribution >= 4 is 11.6 Å². The topological polar surface area (TPSA) is 41.1 Å². The van der Waals surface area contributed by atoms with Gasteiger partial charge in [0, 0.05) is 12.2 Å². The van der Waals surface area contributed by atoms with Crippen LogP contribution in [0.2, 0.25) is 0 Å². The molecule has 0 aliphatic carbocycles. The molecule has 1 aliphatic rings. The molecule has 0 radical (unpaired) electrons. The van der Waals surface area contributed by atoms with Gasteiger partial charge in [0.25, 0.3) is 0 Å². The monoisotopic (exact) mass is 280 g/mol. The lowest BCUT2D eigenvalue weighted by molar-refractivity contribution is -0.118. The normalized spacial score (nSPS) is 17.1. The van der Waals surface area contributed by atoms with Gasteiger partial charge in [-0.3, -0.25) is 4.79 Å². The van der Waals surface area contributed by atoms with Crippen molar-refractivity contribution in [2.45, 2.75) is 26.3 Å². The fourth-order valence-electron chi connectivity index (χ4n) is 2.95. The van der Waals surface area contributed by atoms with Crippen LogP contribution in [0.1, 0.15) is 28.3 Å². The van der Waals surface area contributed by atoms with Gasteiger partial charge in [-0.05, 0) is 42.5 Å². The first-order valence-electron chi connectivity index (χ1n) is 7.35. The number of fused-ring (bicyclic) bond motifs is 1. The lowest BCUT2D eigenvalue weighted by Crippen LogP contribution is -2.38. The van der Waals surface area contributed by atoms with Gasteiger partial charge in [-0.15, -0.1) is 0 Å². The van der Waals surface area contributed by atoms with Crippen LogP contribution in [0, 0.1) is 13.8 Å². The number of hydrogen-bond acceptors (Lipinski definition) is 2. The van der Waals surface area contributed by atoms with Gasteiger partial charge in [0.1, 0.15) is 6.04 Å². The summed E-state index contributed by atoms with van der Waals surface area (Å²) < 4.78 is 0. The molecule has 108 valence electrons. The van der Waals surface area contributed by atoms with Crippen molar-refractivity contribution in [2.75, 3.05) is 11.9 Å². The number of rotatable bonds is 2. The largest absolute Gasteiger partial charge is 0.324 e. The van der Waals surface area contributed by atoms with Crippen LogP contribution in [0.5, 0.6) is 0 Å². The zero-order chi connectivity index (χ0) is 14.8. The predicted octanol–water partition coefficient (Wildman–Crippen LogP) is 3.13. The van der Waals surface area contributed by atoms with Crippen molar-refractivity contribution < 1.29 is 4.79 Å². The molecule has 2 N–H and O–H groups in total. The van der Waals surface area contributed by atoms with Crippen LogP contribution in [-0.4, -0.2) is 12.5 Å². The molecule has 3 heteroatoms. The molecule has 2 aromatic carbocycles. The summed E-state index contributed by atoms with van der Waals surface area (Å²) in [5.74, 6) is 0.0135. The van der Waals surface area contributed by atoms with E-state index in [2.05, 4.69) is 16.7 Å². The van der Waals surface area contributed by atoms with Gasteiger partial charge >= 0.3 is 0 Å². The van der Waals surface area contributed by atoms with E-state index in [1.807, 2.05) is 50.2 Å². The van der Waals surface area contributed by atoms with Gasteiger partial charge in [0.05, 0.1) is 0 Å². The molecule has 1 heterocycles. The molecular weight excluding hydrogens is 260 g/mol. The summed E-state index contributed by atoms with van der Waals surface area (Å²) in [6.45, 7) is 4.87. The minimum Gasteiger partial charge on any atom is -0.324 e. The molecule has 2 aromatic rings. The van der Waals surface area contributed by atoms with E-state index >= 15 is 0 Å². The first-order chi connectivity index (χ1) is 10.2. The van der Waals surface area contributed by atoms with Crippen LogP contribution in [0.3, 0.4) is 0 Å². The maximum Gasteiger partial charge on any atom is 0.246 e. The van der Waals surface area contributed by atoms with E-state index in [0.29, 0.717) is 0 Å². The maximum absolute atomic E-state index is 12.7. The SMILES string of the molecule is Cc1cccc(C)c1NC(=O)C1NCCc2ccccc21. The van der Waals surface area contributed by atoms with E-state index in [-0.39, 0.29) is 11.9 Å².